The molecule has 0 fully saturated rings. The summed E-state index contributed by atoms with van der Waals surface area (Å²) < 4.78 is 12.9. The van der Waals surface area contributed by atoms with Gasteiger partial charge in [-0.05, 0) is 37.1 Å². The minimum absolute atomic E-state index is 0.312. The molecule has 1 unspecified atom stereocenters. The Balaban J connectivity index is 2.97. The standard InChI is InChI=1S/C10H14FNOS/c1-12-6-9(13)8-5-7(11)3-4-10(8)14-2/h3-5,9,12-13H,6H2,1-2H3. The maximum absolute atomic E-state index is 12.9. The molecule has 0 heterocycles. The highest BCUT2D eigenvalue weighted by atomic mass is 32.2. The molecular formula is C10H14FNOS. The van der Waals surface area contributed by atoms with Gasteiger partial charge >= 0.3 is 0 Å². The molecule has 0 aliphatic heterocycles. The Hall–Kier alpha value is -0.580. The van der Waals surface area contributed by atoms with Crippen molar-refractivity contribution in [3.05, 3.63) is 29.6 Å². The Bertz CT molecular complexity index is 306. The molecule has 1 aromatic rings. The van der Waals surface area contributed by atoms with E-state index in [0.717, 1.165) is 4.90 Å². The summed E-state index contributed by atoms with van der Waals surface area (Å²) in [6.45, 7) is 0.428. The monoisotopic (exact) mass is 215 g/mol. The lowest BCUT2D eigenvalue weighted by Crippen LogP contribution is -2.17. The second-order valence-electron chi connectivity index (χ2n) is 2.96. The maximum atomic E-state index is 12.9. The topological polar surface area (TPSA) is 32.3 Å². The summed E-state index contributed by atoms with van der Waals surface area (Å²) in [7, 11) is 1.75. The van der Waals surface area contributed by atoms with Gasteiger partial charge in [0.05, 0.1) is 6.10 Å². The first kappa shape index (κ1) is 11.5. The molecule has 1 atom stereocenters. The zero-order chi connectivity index (χ0) is 10.6. The number of rotatable bonds is 4. The molecule has 0 saturated heterocycles. The predicted molar refractivity (Wildman–Crippen MR) is 57.1 cm³/mol. The van der Waals surface area contributed by atoms with E-state index >= 15 is 0 Å². The van der Waals surface area contributed by atoms with Gasteiger partial charge in [0.2, 0.25) is 0 Å². The van der Waals surface area contributed by atoms with Gasteiger partial charge in [-0.2, -0.15) is 0 Å². The summed E-state index contributed by atoms with van der Waals surface area (Å²) in [4.78, 5) is 0.911. The van der Waals surface area contributed by atoms with Crippen molar-refractivity contribution in [2.24, 2.45) is 0 Å². The lowest BCUT2D eigenvalue weighted by Gasteiger charge is -2.13. The molecule has 0 saturated carbocycles. The van der Waals surface area contributed by atoms with Crippen LogP contribution in [-0.4, -0.2) is 25.0 Å². The molecule has 0 aliphatic rings. The Labute approximate surface area is 87.5 Å². The van der Waals surface area contributed by atoms with Crippen molar-refractivity contribution in [2.45, 2.75) is 11.0 Å². The van der Waals surface area contributed by atoms with Crippen LogP contribution in [0.15, 0.2) is 23.1 Å². The van der Waals surface area contributed by atoms with Crippen LogP contribution in [-0.2, 0) is 0 Å². The van der Waals surface area contributed by atoms with Gasteiger partial charge < -0.3 is 10.4 Å². The van der Waals surface area contributed by atoms with E-state index in [-0.39, 0.29) is 5.82 Å². The molecular weight excluding hydrogens is 201 g/mol. The first-order valence-corrected chi connectivity index (χ1v) is 5.57. The van der Waals surface area contributed by atoms with Crippen LogP contribution in [0.2, 0.25) is 0 Å². The van der Waals surface area contributed by atoms with E-state index in [1.807, 2.05) is 6.26 Å². The summed E-state index contributed by atoms with van der Waals surface area (Å²) >= 11 is 1.50. The van der Waals surface area contributed by atoms with E-state index in [1.54, 1.807) is 13.1 Å². The molecule has 0 aromatic heterocycles. The van der Waals surface area contributed by atoms with Gasteiger partial charge in [-0.25, -0.2) is 4.39 Å². The van der Waals surface area contributed by atoms with Crippen molar-refractivity contribution in [1.29, 1.82) is 0 Å². The number of likely N-dealkylation sites (N-methyl/N-ethyl adjacent to an activating group) is 1. The summed E-state index contributed by atoms with van der Waals surface area (Å²) in [5.41, 5.74) is 0.645. The first-order valence-electron chi connectivity index (χ1n) is 4.35. The number of hydrogen-bond acceptors (Lipinski definition) is 3. The van der Waals surface area contributed by atoms with Crippen LogP contribution in [0.5, 0.6) is 0 Å². The molecule has 2 N–H and O–H groups in total. The molecule has 1 rings (SSSR count). The molecule has 0 amide bonds. The zero-order valence-corrected chi connectivity index (χ0v) is 9.07. The van der Waals surface area contributed by atoms with E-state index in [9.17, 15) is 9.50 Å². The highest BCUT2D eigenvalue weighted by Gasteiger charge is 2.11. The number of thioether (sulfide) groups is 1. The second kappa shape index (κ2) is 5.34. The number of nitrogens with one attached hydrogen (secondary N) is 1. The Kier molecular flexibility index (Phi) is 4.38. The molecule has 0 spiro atoms. The van der Waals surface area contributed by atoms with E-state index in [4.69, 9.17) is 0 Å². The average molecular weight is 215 g/mol. The van der Waals surface area contributed by atoms with Crippen molar-refractivity contribution < 1.29 is 9.50 Å². The fraction of sp³-hybridized carbons (Fsp3) is 0.400. The summed E-state index contributed by atoms with van der Waals surface area (Å²) in [6, 6.07) is 4.48. The minimum atomic E-state index is -0.654. The van der Waals surface area contributed by atoms with Crippen molar-refractivity contribution in [1.82, 2.24) is 5.32 Å². The summed E-state index contributed by atoms with van der Waals surface area (Å²) in [5.74, 6) is -0.312. The van der Waals surface area contributed by atoms with Gasteiger partial charge in [-0.1, -0.05) is 0 Å². The van der Waals surface area contributed by atoms with E-state index < -0.39 is 6.10 Å². The van der Waals surface area contributed by atoms with Crippen molar-refractivity contribution in [3.63, 3.8) is 0 Å². The van der Waals surface area contributed by atoms with Gasteiger partial charge in [0, 0.05) is 11.4 Å². The molecule has 4 heteroatoms. The van der Waals surface area contributed by atoms with Gasteiger partial charge in [-0.15, -0.1) is 11.8 Å². The Morgan fingerprint density at radius 3 is 2.86 bits per heavy atom. The highest BCUT2D eigenvalue weighted by molar-refractivity contribution is 7.98. The third-order valence-corrected chi connectivity index (χ3v) is 2.76. The fourth-order valence-electron chi connectivity index (χ4n) is 1.27. The van der Waals surface area contributed by atoms with Gasteiger partial charge in [0.1, 0.15) is 5.82 Å². The van der Waals surface area contributed by atoms with Crippen LogP contribution in [0.4, 0.5) is 4.39 Å². The highest BCUT2D eigenvalue weighted by Crippen LogP contribution is 2.26. The SMILES string of the molecule is CNCC(O)c1cc(F)ccc1SC. The zero-order valence-electron chi connectivity index (χ0n) is 8.25. The number of hydrogen-bond donors (Lipinski definition) is 2. The number of halogens is 1. The maximum Gasteiger partial charge on any atom is 0.123 e. The quantitative estimate of drug-likeness (QED) is 0.751. The lowest BCUT2D eigenvalue weighted by atomic mass is 10.1. The number of benzene rings is 1. The molecule has 14 heavy (non-hydrogen) atoms. The van der Waals surface area contributed by atoms with Gasteiger partial charge in [0.25, 0.3) is 0 Å². The van der Waals surface area contributed by atoms with Gasteiger partial charge in [0.15, 0.2) is 0 Å². The molecule has 2 nitrogen and oxygen atoms in total. The Morgan fingerprint density at radius 1 is 1.57 bits per heavy atom. The van der Waals surface area contributed by atoms with E-state index in [1.165, 1.54) is 23.9 Å². The van der Waals surface area contributed by atoms with Crippen LogP contribution in [0, 0.1) is 5.82 Å². The van der Waals surface area contributed by atoms with Crippen LogP contribution in [0.25, 0.3) is 0 Å². The minimum Gasteiger partial charge on any atom is -0.387 e. The van der Waals surface area contributed by atoms with Crippen LogP contribution in [0.1, 0.15) is 11.7 Å². The van der Waals surface area contributed by atoms with Crippen LogP contribution in [0.3, 0.4) is 0 Å². The average Bonchev–Trinajstić information content (AvgIpc) is 2.18. The van der Waals surface area contributed by atoms with Crippen LogP contribution < -0.4 is 5.32 Å². The number of aliphatic hydroxyl groups excluding tert-OH is 1. The molecule has 0 aliphatic carbocycles. The fourth-order valence-corrected chi connectivity index (χ4v) is 1.90. The summed E-state index contributed by atoms with van der Waals surface area (Å²) in [5, 5.41) is 12.6. The molecule has 1 aromatic carbocycles. The predicted octanol–water partition coefficient (Wildman–Crippen LogP) is 1.80. The number of aliphatic hydroxyl groups is 1. The normalized spacial score (nSPS) is 12.9. The Morgan fingerprint density at radius 2 is 2.29 bits per heavy atom. The summed E-state index contributed by atoms with van der Waals surface area (Å²) in [6.07, 6.45) is 1.25. The second-order valence-corrected chi connectivity index (χ2v) is 3.81. The van der Waals surface area contributed by atoms with Crippen LogP contribution >= 0.6 is 11.8 Å². The third-order valence-electron chi connectivity index (χ3n) is 1.95. The molecule has 0 radical (unpaired) electrons. The van der Waals surface area contributed by atoms with Crippen molar-refractivity contribution in [2.75, 3.05) is 19.8 Å². The van der Waals surface area contributed by atoms with Gasteiger partial charge in [-0.3, -0.25) is 0 Å². The van der Waals surface area contributed by atoms with E-state index in [2.05, 4.69) is 5.32 Å². The van der Waals surface area contributed by atoms with Crippen molar-refractivity contribution >= 4 is 11.8 Å². The largest absolute Gasteiger partial charge is 0.387 e. The first-order chi connectivity index (χ1) is 6.69. The lowest BCUT2D eigenvalue weighted by molar-refractivity contribution is 0.174. The smallest absolute Gasteiger partial charge is 0.123 e. The van der Waals surface area contributed by atoms with E-state index in [0.29, 0.717) is 12.1 Å². The molecule has 0 bridgehead atoms. The van der Waals surface area contributed by atoms with Crippen molar-refractivity contribution in [3.8, 4) is 0 Å². The molecule has 78 valence electrons. The third kappa shape index (κ3) is 2.70.